The highest BCUT2D eigenvalue weighted by molar-refractivity contribution is 7.92. The maximum absolute atomic E-state index is 12.6. The summed E-state index contributed by atoms with van der Waals surface area (Å²) in [5.41, 5.74) is 2.28. The lowest BCUT2D eigenvalue weighted by Gasteiger charge is -2.21. The lowest BCUT2D eigenvalue weighted by atomic mass is 9.87. The van der Waals surface area contributed by atoms with E-state index in [0.29, 0.717) is 11.4 Å². The number of sulfonamides is 1. The van der Waals surface area contributed by atoms with Crippen molar-refractivity contribution in [1.29, 1.82) is 0 Å². The molecule has 0 atom stereocenters. The van der Waals surface area contributed by atoms with Crippen LogP contribution in [0, 0.1) is 6.92 Å². The number of benzene rings is 2. The van der Waals surface area contributed by atoms with Crippen LogP contribution in [0.1, 0.15) is 31.9 Å². The third-order valence-electron chi connectivity index (χ3n) is 3.61. The molecule has 124 valence electrons. The quantitative estimate of drug-likeness (QED) is 0.916. The summed E-state index contributed by atoms with van der Waals surface area (Å²) in [4.78, 5) is 0.237. The van der Waals surface area contributed by atoms with Crippen molar-refractivity contribution < 1.29 is 13.2 Å². The number of ether oxygens (including phenoxy) is 1. The van der Waals surface area contributed by atoms with Crippen molar-refractivity contribution in [3.8, 4) is 5.75 Å². The first kappa shape index (κ1) is 17.3. The molecule has 0 bridgehead atoms. The minimum Gasteiger partial charge on any atom is -0.495 e. The van der Waals surface area contributed by atoms with Crippen molar-refractivity contribution >= 4 is 15.7 Å². The molecule has 4 nitrogen and oxygen atoms in total. The van der Waals surface area contributed by atoms with Gasteiger partial charge in [0.25, 0.3) is 10.0 Å². The van der Waals surface area contributed by atoms with Gasteiger partial charge in [0.05, 0.1) is 17.7 Å². The normalized spacial score (nSPS) is 12.0. The molecular formula is C18H23NO3S. The molecule has 0 radical (unpaired) electrons. The second-order valence-electron chi connectivity index (χ2n) is 6.59. The van der Waals surface area contributed by atoms with E-state index in [9.17, 15) is 8.42 Å². The molecule has 5 heteroatoms. The molecule has 0 aliphatic rings. The fraction of sp³-hybridized carbons (Fsp3) is 0.333. The smallest absolute Gasteiger partial charge is 0.262 e. The Bertz CT molecular complexity index is 805. The van der Waals surface area contributed by atoms with Crippen molar-refractivity contribution in [2.45, 2.75) is 38.0 Å². The molecule has 1 N–H and O–H groups in total. The lowest BCUT2D eigenvalue weighted by molar-refractivity contribution is 0.416. The zero-order chi connectivity index (χ0) is 17.3. The van der Waals surface area contributed by atoms with E-state index in [0.717, 1.165) is 11.1 Å². The van der Waals surface area contributed by atoms with Gasteiger partial charge in [-0.2, -0.15) is 0 Å². The third kappa shape index (κ3) is 4.05. The minimum absolute atomic E-state index is 0.0875. The number of anilines is 1. The number of hydrogen-bond acceptors (Lipinski definition) is 3. The Balaban J connectivity index is 2.46. The predicted octanol–water partition coefficient (Wildman–Crippen LogP) is 4.10. The first-order valence-electron chi connectivity index (χ1n) is 7.41. The van der Waals surface area contributed by atoms with Crippen LogP contribution >= 0.6 is 0 Å². The summed E-state index contributed by atoms with van der Waals surface area (Å²) in [5, 5.41) is 0. The molecule has 0 amide bonds. The van der Waals surface area contributed by atoms with Gasteiger partial charge in [-0.15, -0.1) is 0 Å². The van der Waals surface area contributed by atoms with Crippen molar-refractivity contribution in [2.24, 2.45) is 0 Å². The van der Waals surface area contributed by atoms with Gasteiger partial charge >= 0.3 is 0 Å². The van der Waals surface area contributed by atoms with E-state index < -0.39 is 10.0 Å². The van der Waals surface area contributed by atoms with E-state index in [1.807, 2.05) is 25.1 Å². The first-order chi connectivity index (χ1) is 10.6. The summed E-state index contributed by atoms with van der Waals surface area (Å²) in [5.74, 6) is 0.495. The molecule has 2 aromatic rings. The molecule has 0 aliphatic heterocycles. The summed E-state index contributed by atoms with van der Waals surface area (Å²) in [6.45, 7) is 8.09. The van der Waals surface area contributed by atoms with Gasteiger partial charge in [0.15, 0.2) is 0 Å². The van der Waals surface area contributed by atoms with Crippen LogP contribution < -0.4 is 9.46 Å². The van der Waals surface area contributed by atoms with Crippen molar-refractivity contribution in [1.82, 2.24) is 0 Å². The summed E-state index contributed by atoms with van der Waals surface area (Å²) in [6, 6.07) is 12.4. The van der Waals surface area contributed by atoms with E-state index in [1.165, 1.54) is 7.11 Å². The molecule has 0 aliphatic carbocycles. The summed E-state index contributed by atoms with van der Waals surface area (Å²) < 4.78 is 33.2. The monoisotopic (exact) mass is 333 g/mol. The zero-order valence-electron chi connectivity index (χ0n) is 14.2. The number of nitrogens with one attached hydrogen (secondary N) is 1. The number of methoxy groups -OCH3 is 1. The van der Waals surface area contributed by atoms with Crippen LogP contribution in [-0.2, 0) is 15.4 Å². The van der Waals surface area contributed by atoms with Gasteiger partial charge < -0.3 is 4.74 Å². The molecule has 0 saturated heterocycles. The summed E-state index contributed by atoms with van der Waals surface area (Å²) in [7, 11) is -2.14. The van der Waals surface area contributed by atoms with E-state index in [1.54, 1.807) is 24.3 Å². The maximum atomic E-state index is 12.6. The minimum atomic E-state index is -3.66. The van der Waals surface area contributed by atoms with E-state index in [2.05, 4.69) is 25.5 Å². The molecule has 0 heterocycles. The molecular weight excluding hydrogens is 310 g/mol. The Morgan fingerprint density at radius 1 is 1.04 bits per heavy atom. The number of rotatable bonds is 4. The highest BCUT2D eigenvalue weighted by Gasteiger charge is 2.20. The highest BCUT2D eigenvalue weighted by atomic mass is 32.2. The van der Waals surface area contributed by atoms with Crippen molar-refractivity contribution in [3.05, 3.63) is 53.6 Å². The fourth-order valence-electron chi connectivity index (χ4n) is 2.24. The Morgan fingerprint density at radius 3 is 2.30 bits per heavy atom. The lowest BCUT2D eigenvalue weighted by Crippen LogP contribution is -2.16. The second-order valence-corrected chi connectivity index (χ2v) is 8.27. The largest absolute Gasteiger partial charge is 0.495 e. The van der Waals surface area contributed by atoms with Crippen LogP contribution in [0.25, 0.3) is 0 Å². The van der Waals surface area contributed by atoms with E-state index in [-0.39, 0.29) is 10.3 Å². The predicted molar refractivity (Wildman–Crippen MR) is 93.7 cm³/mol. The van der Waals surface area contributed by atoms with Gasteiger partial charge in [0.1, 0.15) is 5.75 Å². The molecule has 0 saturated carbocycles. The molecule has 23 heavy (non-hydrogen) atoms. The maximum Gasteiger partial charge on any atom is 0.262 e. The van der Waals surface area contributed by atoms with E-state index >= 15 is 0 Å². The van der Waals surface area contributed by atoms with Gasteiger partial charge in [-0.1, -0.05) is 39.0 Å². The Labute approximate surface area is 138 Å². The van der Waals surface area contributed by atoms with Gasteiger partial charge in [-0.05, 0) is 47.7 Å². The molecule has 0 aromatic heterocycles. The first-order valence-corrected chi connectivity index (χ1v) is 8.90. The average molecular weight is 333 g/mol. The van der Waals surface area contributed by atoms with Crippen LogP contribution in [0.15, 0.2) is 47.4 Å². The summed E-state index contributed by atoms with van der Waals surface area (Å²) in [6.07, 6.45) is 0. The highest BCUT2D eigenvalue weighted by Crippen LogP contribution is 2.32. The SMILES string of the molecule is COc1ccc(C(C)(C)C)cc1NS(=O)(=O)c1cccc(C)c1. The molecule has 0 spiro atoms. The van der Waals surface area contributed by atoms with Crippen LogP contribution in [0.2, 0.25) is 0 Å². The van der Waals surface area contributed by atoms with Crippen LogP contribution in [0.3, 0.4) is 0 Å². The van der Waals surface area contributed by atoms with Crippen molar-refractivity contribution in [3.63, 3.8) is 0 Å². The molecule has 2 aromatic carbocycles. The van der Waals surface area contributed by atoms with Gasteiger partial charge in [-0.25, -0.2) is 8.42 Å². The topological polar surface area (TPSA) is 55.4 Å². The van der Waals surface area contributed by atoms with Gasteiger partial charge in [-0.3, -0.25) is 4.72 Å². The number of aryl methyl sites for hydroxylation is 1. The zero-order valence-corrected chi connectivity index (χ0v) is 15.0. The summed E-state index contributed by atoms with van der Waals surface area (Å²) >= 11 is 0. The van der Waals surface area contributed by atoms with Gasteiger partial charge in [0.2, 0.25) is 0 Å². The Hall–Kier alpha value is -2.01. The van der Waals surface area contributed by atoms with Crippen LogP contribution in [0.5, 0.6) is 5.75 Å². The van der Waals surface area contributed by atoms with Gasteiger partial charge in [0, 0.05) is 0 Å². The number of hydrogen-bond donors (Lipinski definition) is 1. The molecule has 0 unspecified atom stereocenters. The fourth-order valence-corrected chi connectivity index (χ4v) is 3.41. The second kappa shape index (κ2) is 6.24. The molecule has 2 rings (SSSR count). The van der Waals surface area contributed by atoms with Crippen molar-refractivity contribution in [2.75, 3.05) is 11.8 Å². The Kier molecular flexibility index (Phi) is 4.71. The third-order valence-corrected chi connectivity index (χ3v) is 4.97. The molecule has 0 fully saturated rings. The Morgan fingerprint density at radius 2 is 1.74 bits per heavy atom. The van der Waals surface area contributed by atoms with E-state index in [4.69, 9.17) is 4.74 Å². The van der Waals surface area contributed by atoms with Crippen LogP contribution in [0.4, 0.5) is 5.69 Å². The van der Waals surface area contributed by atoms with Crippen LogP contribution in [-0.4, -0.2) is 15.5 Å². The average Bonchev–Trinajstić information content (AvgIpc) is 2.46. The standard InChI is InChI=1S/C18H23NO3S/c1-13-7-6-8-15(11-13)23(20,21)19-16-12-14(18(2,3)4)9-10-17(16)22-5/h6-12,19H,1-5H3.